The summed E-state index contributed by atoms with van der Waals surface area (Å²) in [6.07, 6.45) is -2.20. The van der Waals surface area contributed by atoms with Gasteiger partial charge in [-0.2, -0.15) is 0 Å². The van der Waals surface area contributed by atoms with Crippen LogP contribution in [0.2, 0.25) is 1.41 Å². The third-order valence-electron chi connectivity index (χ3n) is 4.30. The second-order valence-electron chi connectivity index (χ2n) is 6.20. The molecule has 0 aliphatic heterocycles. The van der Waals surface area contributed by atoms with Crippen molar-refractivity contribution in [2.45, 2.75) is 30.8 Å². The number of carbonyl (C=O) groups is 1. The minimum absolute atomic E-state index is 0.196. The van der Waals surface area contributed by atoms with Gasteiger partial charge in [0.25, 0.3) is 0 Å². The first-order chi connectivity index (χ1) is 12.9. The van der Waals surface area contributed by atoms with Gasteiger partial charge in [-0.05, 0) is 29.7 Å². The third kappa shape index (κ3) is 3.68. The molecule has 6 N–H and O–H groups in total. The number of anilines is 1. The number of nitrogens with one attached hydrogen (secondary N) is 2. The lowest BCUT2D eigenvalue weighted by atomic mass is 10.0. The maximum atomic E-state index is 11.9. The molecule has 0 saturated carbocycles. The molecule has 1 heterocycles. The quantitative estimate of drug-likeness (QED) is 0.344. The average Bonchev–Trinajstić information content (AvgIpc) is 3.50. The van der Waals surface area contributed by atoms with Gasteiger partial charge >= 0.3 is 0 Å². The van der Waals surface area contributed by atoms with Gasteiger partial charge in [0.15, 0.2) is 1.41 Å². The Labute approximate surface area is 149 Å². The lowest BCUT2D eigenvalue weighted by Gasteiger charge is -2.26. The van der Waals surface area contributed by atoms with Crippen molar-refractivity contribution in [3.05, 3.63) is 46.3 Å². The number of aromatic nitrogens is 1. The molecule has 8 heteroatoms. The topological polar surface area (TPSA) is 143 Å². The van der Waals surface area contributed by atoms with E-state index in [1.807, 2.05) is 6.08 Å². The van der Waals surface area contributed by atoms with E-state index in [4.69, 9.17) is 6.52 Å². The fraction of sp³-hybridized carbons (Fsp3) is 0.333. The van der Waals surface area contributed by atoms with Crippen LogP contribution >= 0.6 is 0 Å². The summed E-state index contributed by atoms with van der Waals surface area (Å²) >= 11 is 0. The van der Waals surface area contributed by atoms with E-state index in [1.54, 1.807) is 12.1 Å². The van der Waals surface area contributed by atoms with Crippen LogP contribution in [0.4, 0.5) is 5.69 Å². The Morgan fingerprint density at radius 1 is 1.27 bits per heavy atom. The Balaban J connectivity index is 1.94. The lowest BCUT2D eigenvalue weighted by Crippen LogP contribution is -2.49. The SMILES string of the molecule is [2H]N(c1ccc2c(C3=CC3)cc(=O)[nH]c2c1)[C@@H](C=O)[C@@H](O)[C@H](O)[C@H](O)CO. The van der Waals surface area contributed by atoms with Gasteiger partial charge in [-0.25, -0.2) is 0 Å². The third-order valence-corrected chi connectivity index (χ3v) is 4.30. The summed E-state index contributed by atoms with van der Waals surface area (Å²) in [5.41, 5.74) is 2.23. The van der Waals surface area contributed by atoms with Crippen LogP contribution in [0.15, 0.2) is 35.1 Å². The van der Waals surface area contributed by atoms with Gasteiger partial charge < -0.3 is 35.5 Å². The molecule has 1 aromatic carbocycles. The molecule has 26 heavy (non-hydrogen) atoms. The molecule has 0 amide bonds. The standard InChI is InChI=1S/C18H20N2O6/c21-7-14(17(25)18(26)15(23)8-22)19-10-3-4-11-12(9-1-2-9)6-16(24)20-13(11)5-10/h1,3-7,14-15,17-19,22-23,25-26H,2,8H2,(H,20,24)/t14-,15+,17+,18+/m0/s1/i/hD. The van der Waals surface area contributed by atoms with Gasteiger partial charge in [-0.1, -0.05) is 12.1 Å². The number of aldehydes is 1. The van der Waals surface area contributed by atoms with Gasteiger partial charge in [0.2, 0.25) is 5.56 Å². The molecule has 1 aliphatic carbocycles. The molecule has 2 aromatic rings. The number of H-pyrrole nitrogens is 1. The molecule has 0 radical (unpaired) electrons. The summed E-state index contributed by atoms with van der Waals surface area (Å²) in [6, 6.07) is 4.75. The molecule has 0 fully saturated rings. The molecular formula is C18H20N2O6. The van der Waals surface area contributed by atoms with Crippen LogP contribution in [0.5, 0.6) is 0 Å². The predicted molar refractivity (Wildman–Crippen MR) is 95.7 cm³/mol. The van der Waals surface area contributed by atoms with E-state index in [0.717, 1.165) is 22.9 Å². The molecule has 8 nitrogen and oxygen atoms in total. The summed E-state index contributed by atoms with van der Waals surface area (Å²) in [5, 5.41) is 39.7. The van der Waals surface area contributed by atoms with Crippen molar-refractivity contribution >= 4 is 28.4 Å². The van der Waals surface area contributed by atoms with Crippen LogP contribution in [0.25, 0.3) is 16.5 Å². The number of hydrogen-bond acceptors (Lipinski definition) is 7. The molecule has 1 aromatic heterocycles. The minimum Gasteiger partial charge on any atom is -0.394 e. The van der Waals surface area contributed by atoms with Crippen molar-refractivity contribution in [2.75, 3.05) is 11.9 Å². The van der Waals surface area contributed by atoms with Gasteiger partial charge in [-0.3, -0.25) is 4.79 Å². The Morgan fingerprint density at radius 3 is 2.62 bits per heavy atom. The maximum Gasteiger partial charge on any atom is 0.249 e. The van der Waals surface area contributed by atoms with Crippen LogP contribution in [0.1, 0.15) is 12.0 Å². The number of allylic oxidation sites excluding steroid dienone is 2. The Morgan fingerprint density at radius 2 is 2.00 bits per heavy atom. The van der Waals surface area contributed by atoms with E-state index in [2.05, 4.69) is 4.98 Å². The number of aromatic amines is 1. The summed E-state index contributed by atoms with van der Waals surface area (Å²) in [7, 11) is 0. The lowest BCUT2D eigenvalue weighted by molar-refractivity contribution is -0.117. The van der Waals surface area contributed by atoms with Crippen molar-refractivity contribution in [2.24, 2.45) is 0 Å². The normalized spacial score (nSPS) is 18.5. The summed E-state index contributed by atoms with van der Waals surface area (Å²) in [6.45, 7) is -0.808. The van der Waals surface area contributed by atoms with Crippen molar-refractivity contribution in [1.29, 1.82) is 0 Å². The van der Waals surface area contributed by atoms with Crippen LogP contribution < -0.4 is 10.9 Å². The highest BCUT2D eigenvalue weighted by molar-refractivity contribution is 5.96. The highest BCUT2D eigenvalue weighted by Gasteiger charge is 2.31. The van der Waals surface area contributed by atoms with E-state index in [-0.39, 0.29) is 17.5 Å². The van der Waals surface area contributed by atoms with E-state index < -0.39 is 31.0 Å². The number of rotatable bonds is 8. The first kappa shape index (κ1) is 16.9. The molecule has 138 valence electrons. The Hall–Kier alpha value is -2.52. The van der Waals surface area contributed by atoms with Gasteiger partial charge in [0.05, 0.1) is 12.1 Å². The molecule has 0 bridgehead atoms. The number of aliphatic hydroxyl groups excluding tert-OH is 4. The van der Waals surface area contributed by atoms with Gasteiger partial charge in [0, 0.05) is 17.1 Å². The fourth-order valence-corrected chi connectivity index (χ4v) is 2.76. The largest absolute Gasteiger partial charge is 0.394 e. The minimum atomic E-state index is -1.81. The zero-order chi connectivity index (χ0) is 19.7. The second-order valence-corrected chi connectivity index (χ2v) is 6.20. The van der Waals surface area contributed by atoms with Crippen LogP contribution in [0.3, 0.4) is 0 Å². The van der Waals surface area contributed by atoms with Crippen LogP contribution in [0, 0.1) is 0 Å². The van der Waals surface area contributed by atoms with Gasteiger partial charge in [0.1, 0.15) is 30.6 Å². The highest BCUT2D eigenvalue weighted by Crippen LogP contribution is 2.34. The second kappa shape index (κ2) is 7.38. The van der Waals surface area contributed by atoms with E-state index >= 15 is 0 Å². The number of benzene rings is 1. The first-order valence-corrected chi connectivity index (χ1v) is 8.12. The fourth-order valence-electron chi connectivity index (χ4n) is 2.76. The zero-order valence-electron chi connectivity index (χ0n) is 14.7. The molecule has 1 aliphatic rings. The summed E-state index contributed by atoms with van der Waals surface area (Å²) < 4.78 is 8.15. The molecule has 0 spiro atoms. The maximum absolute atomic E-state index is 11.9. The van der Waals surface area contributed by atoms with Crippen LogP contribution in [-0.4, -0.2) is 62.7 Å². The number of hydrogen-bond donors (Lipinski definition) is 6. The van der Waals surface area contributed by atoms with E-state index in [9.17, 15) is 24.9 Å². The molecule has 0 saturated heterocycles. The smallest absolute Gasteiger partial charge is 0.249 e. The van der Waals surface area contributed by atoms with Crippen molar-refractivity contribution in [3.63, 3.8) is 0 Å². The molecule has 3 rings (SSSR count). The van der Waals surface area contributed by atoms with Crippen LogP contribution in [-0.2, 0) is 4.79 Å². The van der Waals surface area contributed by atoms with Crippen molar-refractivity contribution in [1.82, 2.24) is 4.98 Å². The molecule has 0 unspecified atom stereocenters. The zero-order valence-corrected chi connectivity index (χ0v) is 13.7. The van der Waals surface area contributed by atoms with Crippen molar-refractivity contribution in [3.8, 4) is 0 Å². The summed E-state index contributed by atoms with van der Waals surface area (Å²) in [4.78, 5) is 26.0. The number of pyridine rings is 1. The highest BCUT2D eigenvalue weighted by atomic mass is 16.4. The monoisotopic (exact) mass is 361 g/mol. The first-order valence-electron chi connectivity index (χ1n) is 8.57. The molecule has 4 atom stereocenters. The predicted octanol–water partition coefficient (Wildman–Crippen LogP) is -0.630. The summed E-state index contributed by atoms with van der Waals surface area (Å²) in [5.74, 6) is 0. The number of aliphatic hydroxyl groups is 4. The average molecular weight is 361 g/mol. The van der Waals surface area contributed by atoms with Crippen molar-refractivity contribution < 1.29 is 26.6 Å². The number of fused-ring (bicyclic) bond motifs is 1. The molecular weight excluding hydrogens is 340 g/mol. The number of carbonyl (C=O) groups excluding carboxylic acids is 1. The van der Waals surface area contributed by atoms with E-state index in [0.29, 0.717) is 10.8 Å². The Bertz CT molecular complexity index is 943. The van der Waals surface area contributed by atoms with E-state index in [1.165, 1.54) is 12.1 Å². The van der Waals surface area contributed by atoms with Gasteiger partial charge in [-0.15, -0.1) is 0 Å². The Kier molecular flexibility index (Phi) is 4.81.